The SMILES string of the molecule is C=C(C)CC(C)(C)c1ccc(N(c2ccc(/C(C)=C/C(C)(C)C)cc2)c2ccc3c4c(Oc5ccc(OC)cc5)cc5c6c(cc(Oc7ccc(OC)cc7)c(c7cccc2c73)c64)C(=O)OC5=O)cc1. The third-order valence-electron chi connectivity index (χ3n) is 13.2. The van der Waals surface area contributed by atoms with Crippen molar-refractivity contribution in [1.82, 2.24) is 0 Å². The summed E-state index contributed by atoms with van der Waals surface area (Å²) in [6, 6.07) is 46.2. The highest BCUT2D eigenvalue weighted by molar-refractivity contribution is 6.40. The van der Waals surface area contributed by atoms with Gasteiger partial charge < -0.3 is 28.6 Å². The first-order valence-electron chi connectivity index (χ1n) is 23.5. The summed E-state index contributed by atoms with van der Waals surface area (Å²) in [6.07, 6.45) is 3.18. The number of fused-ring (bicyclic) bond motifs is 2. The second-order valence-corrected chi connectivity index (χ2v) is 20.1. The molecular weight excluding hydrogens is 871 g/mol. The monoisotopic (exact) mass is 925 g/mol. The highest BCUT2D eigenvalue weighted by Gasteiger charge is 2.34. The van der Waals surface area contributed by atoms with Gasteiger partial charge in [-0.2, -0.15) is 0 Å². The number of rotatable bonds is 13. The lowest BCUT2D eigenvalue weighted by Gasteiger charge is -2.30. The smallest absolute Gasteiger partial charge is 0.346 e. The molecule has 9 aromatic carbocycles. The second kappa shape index (κ2) is 17.5. The highest BCUT2D eigenvalue weighted by Crippen LogP contribution is 2.54. The van der Waals surface area contributed by atoms with E-state index >= 15 is 0 Å². The van der Waals surface area contributed by atoms with E-state index in [-0.39, 0.29) is 22.0 Å². The van der Waals surface area contributed by atoms with E-state index in [0.717, 1.165) is 56.2 Å². The molecule has 70 heavy (non-hydrogen) atoms. The van der Waals surface area contributed by atoms with Crippen LogP contribution in [-0.4, -0.2) is 26.2 Å². The van der Waals surface area contributed by atoms with Crippen LogP contribution in [0.4, 0.5) is 17.1 Å². The van der Waals surface area contributed by atoms with Gasteiger partial charge in [0.1, 0.15) is 34.5 Å². The maximum atomic E-state index is 13.8. The molecule has 350 valence electrons. The molecule has 0 saturated carbocycles. The van der Waals surface area contributed by atoms with Gasteiger partial charge in [0.25, 0.3) is 0 Å². The quantitative estimate of drug-likeness (QED) is 0.0372. The molecule has 9 aromatic rings. The molecule has 0 N–H and O–H groups in total. The van der Waals surface area contributed by atoms with Crippen LogP contribution in [0.1, 0.15) is 86.7 Å². The molecule has 0 amide bonds. The number of carbonyl (C=O) groups is 2. The fourth-order valence-corrected chi connectivity index (χ4v) is 10.3. The molecule has 0 aliphatic carbocycles. The van der Waals surface area contributed by atoms with Gasteiger partial charge in [-0.3, -0.25) is 0 Å². The Kier molecular flexibility index (Phi) is 11.4. The van der Waals surface area contributed by atoms with Crippen LogP contribution in [0.25, 0.3) is 48.7 Å². The van der Waals surface area contributed by atoms with E-state index in [9.17, 15) is 9.59 Å². The number of esters is 2. The molecule has 0 atom stereocenters. The number of carbonyl (C=O) groups excluding carboxylic acids is 2. The van der Waals surface area contributed by atoms with Crippen LogP contribution in [0, 0.1) is 5.41 Å². The molecule has 0 aromatic heterocycles. The van der Waals surface area contributed by atoms with Crippen LogP contribution < -0.4 is 23.8 Å². The van der Waals surface area contributed by atoms with Crippen molar-refractivity contribution in [3.63, 3.8) is 0 Å². The van der Waals surface area contributed by atoms with Crippen molar-refractivity contribution in [2.45, 2.75) is 60.3 Å². The zero-order valence-corrected chi connectivity index (χ0v) is 41.1. The number of benzene rings is 9. The van der Waals surface area contributed by atoms with Gasteiger partial charge in [-0.15, -0.1) is 6.58 Å². The minimum atomic E-state index is -0.752. The summed E-state index contributed by atoms with van der Waals surface area (Å²) in [7, 11) is 3.23. The average molecular weight is 926 g/mol. The number of hydrogen-bond acceptors (Lipinski definition) is 8. The van der Waals surface area contributed by atoms with Gasteiger partial charge in [0.2, 0.25) is 0 Å². The number of ether oxygens (including phenoxy) is 5. The van der Waals surface area contributed by atoms with Gasteiger partial charge >= 0.3 is 11.9 Å². The summed E-state index contributed by atoms with van der Waals surface area (Å²) in [4.78, 5) is 30.0. The number of allylic oxidation sites excluding steroid dienone is 3. The second-order valence-electron chi connectivity index (χ2n) is 20.1. The summed E-state index contributed by atoms with van der Waals surface area (Å²) >= 11 is 0. The van der Waals surface area contributed by atoms with E-state index in [1.807, 2.05) is 48.5 Å². The van der Waals surface area contributed by atoms with Gasteiger partial charge in [-0.1, -0.05) is 94.8 Å². The molecule has 0 bridgehead atoms. The van der Waals surface area contributed by atoms with Gasteiger partial charge in [0.05, 0.1) is 31.0 Å². The standard InChI is InChI=1S/C62H55NO7/c1-36(2)34-62(7,8)39-16-20-41(21-17-39)63(40-18-14-38(15-19-40)37(3)35-61(4,5)6)51-31-30-48-54-46(51)12-11-13-47(54)56-52(68-44-26-22-42(66-9)23-27-44)32-49-55-50(60(65)70-59(49)64)33-53(57(48)58(55)56)69-45-28-24-43(67-10)25-29-45/h11-33,35H,1,34H2,2-10H3/b37-35+. The Morgan fingerprint density at radius 1 is 0.571 bits per heavy atom. The zero-order chi connectivity index (χ0) is 49.2. The van der Waals surface area contributed by atoms with Crippen LogP contribution in [0.2, 0.25) is 0 Å². The summed E-state index contributed by atoms with van der Waals surface area (Å²) in [5.41, 5.74) is 8.01. The Bertz CT molecular complexity index is 3440. The van der Waals surface area contributed by atoms with E-state index in [4.69, 9.17) is 23.7 Å². The third-order valence-corrected chi connectivity index (χ3v) is 13.2. The molecule has 0 fully saturated rings. The Morgan fingerprint density at radius 2 is 1.06 bits per heavy atom. The first kappa shape index (κ1) is 45.7. The minimum absolute atomic E-state index is 0.0266. The van der Waals surface area contributed by atoms with Crippen LogP contribution in [-0.2, 0) is 10.2 Å². The number of nitrogens with zero attached hydrogens (tertiary/aromatic N) is 1. The van der Waals surface area contributed by atoms with Crippen molar-refractivity contribution in [1.29, 1.82) is 0 Å². The van der Waals surface area contributed by atoms with Crippen molar-refractivity contribution in [2.24, 2.45) is 5.41 Å². The molecule has 0 spiro atoms. The van der Waals surface area contributed by atoms with E-state index in [0.29, 0.717) is 56.0 Å². The Balaban J connectivity index is 1.28. The van der Waals surface area contributed by atoms with Gasteiger partial charge in [-0.25, -0.2) is 9.59 Å². The number of hydrogen-bond donors (Lipinski definition) is 0. The van der Waals surface area contributed by atoms with Crippen molar-refractivity contribution >= 4 is 77.7 Å². The maximum absolute atomic E-state index is 13.8. The molecular formula is C62H55NO7. The predicted octanol–water partition coefficient (Wildman–Crippen LogP) is 16.8. The molecule has 1 aliphatic rings. The van der Waals surface area contributed by atoms with Crippen LogP contribution in [0.15, 0.2) is 158 Å². The molecule has 8 heteroatoms. The summed E-state index contributed by atoms with van der Waals surface area (Å²) in [5.74, 6) is 1.72. The molecule has 0 radical (unpaired) electrons. The fourth-order valence-electron chi connectivity index (χ4n) is 10.3. The van der Waals surface area contributed by atoms with Crippen molar-refractivity contribution in [2.75, 3.05) is 19.1 Å². The molecule has 0 unspecified atom stereocenters. The molecule has 0 saturated heterocycles. The Labute approximate surface area is 408 Å². The van der Waals surface area contributed by atoms with Gasteiger partial charge in [0.15, 0.2) is 0 Å². The maximum Gasteiger partial charge on any atom is 0.346 e. The normalized spacial score (nSPS) is 13.0. The average Bonchev–Trinajstić information content (AvgIpc) is 3.33. The largest absolute Gasteiger partial charge is 0.497 e. The Morgan fingerprint density at radius 3 is 1.56 bits per heavy atom. The van der Waals surface area contributed by atoms with Crippen LogP contribution in [0.5, 0.6) is 34.5 Å². The fraction of sp³-hybridized carbons (Fsp3) is 0.194. The molecule has 1 heterocycles. The van der Waals surface area contributed by atoms with Gasteiger partial charge in [0, 0.05) is 38.3 Å². The third kappa shape index (κ3) is 8.23. The first-order valence-corrected chi connectivity index (χ1v) is 23.5. The van der Waals surface area contributed by atoms with Crippen molar-refractivity contribution in [3.05, 3.63) is 180 Å². The number of cyclic esters (lactones) is 2. The molecule has 1 aliphatic heterocycles. The predicted molar refractivity (Wildman–Crippen MR) is 284 cm³/mol. The zero-order valence-electron chi connectivity index (χ0n) is 41.1. The lowest BCUT2D eigenvalue weighted by atomic mass is 9.79. The van der Waals surface area contributed by atoms with E-state index in [1.165, 1.54) is 11.1 Å². The topological polar surface area (TPSA) is 83.5 Å². The molecule has 10 rings (SSSR count). The highest BCUT2D eigenvalue weighted by atomic mass is 16.6. The Hall–Kier alpha value is -8.10. The lowest BCUT2D eigenvalue weighted by Crippen LogP contribution is -2.20. The van der Waals surface area contributed by atoms with Gasteiger partial charge in [-0.05, 0) is 155 Å². The van der Waals surface area contributed by atoms with Crippen molar-refractivity contribution in [3.8, 4) is 34.5 Å². The minimum Gasteiger partial charge on any atom is -0.497 e. The summed E-state index contributed by atoms with van der Waals surface area (Å²) < 4.78 is 30.0. The van der Waals surface area contributed by atoms with Crippen LogP contribution >= 0.6 is 0 Å². The number of methoxy groups -OCH3 is 2. The van der Waals surface area contributed by atoms with Crippen LogP contribution in [0.3, 0.4) is 0 Å². The van der Waals surface area contributed by atoms with E-state index in [2.05, 4.69) is 145 Å². The van der Waals surface area contributed by atoms with E-state index in [1.54, 1.807) is 26.4 Å². The first-order chi connectivity index (χ1) is 33.5. The summed E-state index contributed by atoms with van der Waals surface area (Å²) in [5, 5.41) is 6.21. The molecule has 8 nitrogen and oxygen atoms in total. The summed E-state index contributed by atoms with van der Waals surface area (Å²) in [6.45, 7) is 19.6. The van der Waals surface area contributed by atoms with E-state index < -0.39 is 11.9 Å². The lowest BCUT2D eigenvalue weighted by molar-refractivity contribution is 0.0390. The number of anilines is 3. The van der Waals surface area contributed by atoms with Crippen molar-refractivity contribution < 1.29 is 33.3 Å².